The first-order chi connectivity index (χ1) is 12.0. The number of morpholine rings is 1. The van der Waals surface area contributed by atoms with Crippen LogP contribution in [0.25, 0.3) is 0 Å². The zero-order valence-electron chi connectivity index (χ0n) is 16.9. The Balaban J connectivity index is 1.62. The van der Waals surface area contributed by atoms with Gasteiger partial charge in [-0.25, -0.2) is 0 Å². The summed E-state index contributed by atoms with van der Waals surface area (Å²) in [6.45, 7) is 15.1. The molecule has 2 aliphatic heterocycles. The number of rotatable bonds is 8. The van der Waals surface area contributed by atoms with Crippen LogP contribution in [0.15, 0.2) is 4.99 Å². The molecule has 2 rings (SSSR count). The fraction of sp³-hybridized carbons (Fsp3) is 0.947. The minimum atomic E-state index is 0.269. The van der Waals surface area contributed by atoms with Crippen LogP contribution in [0.5, 0.6) is 0 Å². The maximum atomic E-state index is 6.00. The monoisotopic (exact) mass is 353 g/mol. The molecule has 2 saturated heterocycles. The molecule has 0 radical (unpaired) electrons. The van der Waals surface area contributed by atoms with Gasteiger partial charge in [-0.1, -0.05) is 0 Å². The summed E-state index contributed by atoms with van der Waals surface area (Å²) in [7, 11) is 1.84. The zero-order valence-corrected chi connectivity index (χ0v) is 16.9. The summed E-state index contributed by atoms with van der Waals surface area (Å²) in [5, 5.41) is 6.86. The van der Waals surface area contributed by atoms with Crippen molar-refractivity contribution >= 4 is 5.96 Å². The summed E-state index contributed by atoms with van der Waals surface area (Å²) < 4.78 is 6.00. The lowest BCUT2D eigenvalue weighted by Crippen LogP contribution is -2.51. The van der Waals surface area contributed by atoms with Crippen LogP contribution in [-0.4, -0.2) is 86.4 Å². The van der Waals surface area contributed by atoms with Crippen molar-refractivity contribution in [3.8, 4) is 0 Å². The van der Waals surface area contributed by atoms with Crippen LogP contribution in [0.3, 0.4) is 0 Å². The van der Waals surface area contributed by atoms with E-state index in [0.717, 1.165) is 45.2 Å². The Morgan fingerprint density at radius 2 is 2.00 bits per heavy atom. The van der Waals surface area contributed by atoms with E-state index in [1.54, 1.807) is 0 Å². The molecule has 0 aliphatic carbocycles. The van der Waals surface area contributed by atoms with Crippen LogP contribution >= 0.6 is 0 Å². The third kappa shape index (κ3) is 6.42. The van der Waals surface area contributed by atoms with Gasteiger partial charge in [-0.2, -0.15) is 0 Å². The normalized spacial score (nSPS) is 25.0. The minimum absolute atomic E-state index is 0.269. The predicted octanol–water partition coefficient (Wildman–Crippen LogP) is 1.52. The fourth-order valence-corrected chi connectivity index (χ4v) is 4.02. The molecule has 0 aromatic rings. The Labute approximate surface area is 154 Å². The quantitative estimate of drug-likeness (QED) is 0.394. The Bertz CT molecular complexity index is 405. The Hall–Kier alpha value is -0.850. The van der Waals surface area contributed by atoms with Gasteiger partial charge in [0.05, 0.1) is 12.7 Å². The lowest BCUT2D eigenvalue weighted by atomic mass is 10.2. The molecule has 2 aliphatic rings. The van der Waals surface area contributed by atoms with E-state index in [1.165, 1.54) is 19.4 Å². The SMILES string of the molecule is CN=C(NCCCN(C(C)C)C(C)C)NCC1CN2CCCC2CO1. The van der Waals surface area contributed by atoms with E-state index in [-0.39, 0.29) is 6.10 Å². The van der Waals surface area contributed by atoms with Gasteiger partial charge in [-0.15, -0.1) is 0 Å². The van der Waals surface area contributed by atoms with Crippen molar-refractivity contribution in [2.24, 2.45) is 4.99 Å². The van der Waals surface area contributed by atoms with Crippen LogP contribution in [0, 0.1) is 0 Å². The molecule has 6 nitrogen and oxygen atoms in total. The molecule has 6 heteroatoms. The summed E-state index contributed by atoms with van der Waals surface area (Å²) in [5.74, 6) is 0.882. The summed E-state index contributed by atoms with van der Waals surface area (Å²) in [6.07, 6.45) is 4.01. The highest BCUT2D eigenvalue weighted by Crippen LogP contribution is 2.22. The van der Waals surface area contributed by atoms with Gasteiger partial charge in [-0.3, -0.25) is 14.8 Å². The van der Waals surface area contributed by atoms with Crippen molar-refractivity contribution in [1.29, 1.82) is 0 Å². The molecule has 2 heterocycles. The predicted molar refractivity (Wildman–Crippen MR) is 105 cm³/mol. The van der Waals surface area contributed by atoms with Gasteiger partial charge in [0.1, 0.15) is 0 Å². The van der Waals surface area contributed by atoms with E-state index in [4.69, 9.17) is 4.74 Å². The second-order valence-corrected chi connectivity index (χ2v) is 7.91. The molecular weight excluding hydrogens is 314 g/mol. The molecule has 2 atom stereocenters. The van der Waals surface area contributed by atoms with Gasteiger partial charge < -0.3 is 15.4 Å². The third-order valence-electron chi connectivity index (χ3n) is 5.39. The topological polar surface area (TPSA) is 52.1 Å². The van der Waals surface area contributed by atoms with Crippen molar-refractivity contribution in [1.82, 2.24) is 20.4 Å². The number of hydrogen-bond acceptors (Lipinski definition) is 4. The van der Waals surface area contributed by atoms with Crippen molar-refractivity contribution in [3.63, 3.8) is 0 Å². The lowest BCUT2D eigenvalue weighted by molar-refractivity contribution is -0.0453. The van der Waals surface area contributed by atoms with E-state index in [1.807, 2.05) is 7.05 Å². The summed E-state index contributed by atoms with van der Waals surface area (Å²) in [5.41, 5.74) is 0. The fourth-order valence-electron chi connectivity index (χ4n) is 4.02. The number of guanidine groups is 1. The standard InChI is InChI=1S/C19H39N5O/c1-15(2)24(16(3)4)11-7-9-21-19(20-5)22-12-18-13-23-10-6-8-17(23)14-25-18/h15-18H,6-14H2,1-5H3,(H2,20,21,22). The number of nitrogens with one attached hydrogen (secondary N) is 2. The first-order valence-corrected chi connectivity index (χ1v) is 10.1. The van der Waals surface area contributed by atoms with Crippen molar-refractivity contribution < 1.29 is 4.74 Å². The van der Waals surface area contributed by atoms with Gasteiger partial charge in [0.2, 0.25) is 0 Å². The molecule has 146 valence electrons. The molecule has 0 amide bonds. The molecule has 25 heavy (non-hydrogen) atoms. The summed E-state index contributed by atoms with van der Waals surface area (Å²) >= 11 is 0. The van der Waals surface area contributed by atoms with Crippen LogP contribution in [0.1, 0.15) is 47.0 Å². The van der Waals surface area contributed by atoms with Crippen LogP contribution < -0.4 is 10.6 Å². The number of ether oxygens (including phenoxy) is 1. The first-order valence-electron chi connectivity index (χ1n) is 10.1. The number of hydrogen-bond donors (Lipinski definition) is 2. The van der Waals surface area contributed by atoms with E-state index >= 15 is 0 Å². The number of nitrogens with zero attached hydrogens (tertiary/aromatic N) is 3. The van der Waals surface area contributed by atoms with Crippen LogP contribution in [0.2, 0.25) is 0 Å². The molecule has 0 aromatic carbocycles. The maximum absolute atomic E-state index is 6.00. The van der Waals surface area contributed by atoms with Gasteiger partial charge in [-0.05, 0) is 53.5 Å². The van der Waals surface area contributed by atoms with Crippen molar-refractivity contribution in [3.05, 3.63) is 0 Å². The average Bonchev–Trinajstić information content (AvgIpc) is 3.04. The van der Waals surface area contributed by atoms with Gasteiger partial charge in [0, 0.05) is 51.4 Å². The second-order valence-electron chi connectivity index (χ2n) is 7.91. The second kappa shape index (κ2) is 10.3. The molecule has 0 aromatic heterocycles. The Morgan fingerprint density at radius 1 is 1.24 bits per heavy atom. The van der Waals surface area contributed by atoms with E-state index in [9.17, 15) is 0 Å². The van der Waals surface area contributed by atoms with Gasteiger partial charge in [0.15, 0.2) is 5.96 Å². The molecule has 2 fully saturated rings. The average molecular weight is 354 g/mol. The van der Waals surface area contributed by atoms with Crippen LogP contribution in [-0.2, 0) is 4.74 Å². The summed E-state index contributed by atoms with van der Waals surface area (Å²) in [6, 6.07) is 1.85. The largest absolute Gasteiger partial charge is 0.373 e. The van der Waals surface area contributed by atoms with Gasteiger partial charge >= 0.3 is 0 Å². The minimum Gasteiger partial charge on any atom is -0.373 e. The molecule has 2 unspecified atom stereocenters. The highest BCUT2D eigenvalue weighted by atomic mass is 16.5. The molecular formula is C19H39N5O. The van der Waals surface area contributed by atoms with E-state index in [2.05, 4.69) is 53.1 Å². The van der Waals surface area contributed by atoms with Crippen molar-refractivity contribution in [2.75, 3.05) is 46.4 Å². The van der Waals surface area contributed by atoms with Gasteiger partial charge in [0.25, 0.3) is 0 Å². The molecule has 0 bridgehead atoms. The third-order valence-corrected chi connectivity index (χ3v) is 5.39. The molecule has 0 saturated carbocycles. The smallest absolute Gasteiger partial charge is 0.191 e. The zero-order chi connectivity index (χ0) is 18.2. The number of fused-ring (bicyclic) bond motifs is 1. The van der Waals surface area contributed by atoms with Crippen LogP contribution in [0.4, 0.5) is 0 Å². The van der Waals surface area contributed by atoms with E-state index < -0.39 is 0 Å². The lowest BCUT2D eigenvalue weighted by Gasteiger charge is -2.35. The molecule has 0 spiro atoms. The van der Waals surface area contributed by atoms with Crippen molar-refractivity contribution in [2.45, 2.75) is 71.2 Å². The number of aliphatic imine (C=N–C) groups is 1. The molecule has 2 N–H and O–H groups in total. The Kier molecular flexibility index (Phi) is 8.46. The summed E-state index contributed by atoms with van der Waals surface area (Å²) in [4.78, 5) is 9.45. The highest BCUT2D eigenvalue weighted by Gasteiger charge is 2.32. The maximum Gasteiger partial charge on any atom is 0.191 e. The highest BCUT2D eigenvalue weighted by molar-refractivity contribution is 5.79. The Morgan fingerprint density at radius 3 is 2.68 bits per heavy atom. The first kappa shape index (κ1) is 20.5. The van der Waals surface area contributed by atoms with E-state index in [0.29, 0.717) is 18.1 Å².